The molecule has 0 saturated heterocycles. The van der Waals surface area contributed by atoms with Gasteiger partial charge in [0.05, 0.1) is 5.92 Å². The van der Waals surface area contributed by atoms with Gasteiger partial charge >= 0.3 is 0 Å². The van der Waals surface area contributed by atoms with Crippen molar-refractivity contribution in [3.05, 3.63) is 35.9 Å². The van der Waals surface area contributed by atoms with E-state index in [1.54, 1.807) is 0 Å². The summed E-state index contributed by atoms with van der Waals surface area (Å²) in [5.74, 6) is -0.245. The van der Waals surface area contributed by atoms with E-state index in [0.29, 0.717) is 0 Å². The first kappa shape index (κ1) is 16.9. The van der Waals surface area contributed by atoms with Crippen LogP contribution in [-0.4, -0.2) is 11.4 Å². The molecule has 102 valence electrons. The van der Waals surface area contributed by atoms with Gasteiger partial charge < -0.3 is 11.1 Å². The van der Waals surface area contributed by atoms with Gasteiger partial charge in [-0.25, -0.2) is 0 Å². The van der Waals surface area contributed by atoms with Gasteiger partial charge in [0.25, 0.3) is 0 Å². The number of hydrogen-bond acceptors (Lipinski definition) is 2. The Morgan fingerprint density at radius 3 is 2.17 bits per heavy atom. The molecule has 1 aromatic carbocycles. The van der Waals surface area contributed by atoms with E-state index in [1.165, 1.54) is 0 Å². The molecular weight excluding hydrogens is 248 g/mol. The quantitative estimate of drug-likeness (QED) is 0.887. The van der Waals surface area contributed by atoms with E-state index in [0.717, 1.165) is 5.56 Å². The van der Waals surface area contributed by atoms with Crippen LogP contribution in [0.2, 0.25) is 0 Å². The molecule has 3 N–H and O–H groups in total. The van der Waals surface area contributed by atoms with E-state index >= 15 is 0 Å². The summed E-state index contributed by atoms with van der Waals surface area (Å²) in [6, 6.07) is 9.44. The molecule has 2 unspecified atom stereocenters. The lowest BCUT2D eigenvalue weighted by Gasteiger charge is -2.26. The first-order chi connectivity index (χ1) is 7.81. The number of benzene rings is 1. The van der Waals surface area contributed by atoms with Crippen molar-refractivity contribution in [3.8, 4) is 0 Å². The van der Waals surface area contributed by atoms with E-state index in [2.05, 4.69) is 5.32 Å². The van der Waals surface area contributed by atoms with Gasteiger partial charge in [-0.1, -0.05) is 37.3 Å². The number of nitrogens with one attached hydrogen (secondary N) is 1. The Morgan fingerprint density at radius 1 is 1.22 bits per heavy atom. The molecule has 2 atom stereocenters. The minimum Gasteiger partial charge on any atom is -0.351 e. The molecule has 0 bridgehead atoms. The van der Waals surface area contributed by atoms with E-state index in [-0.39, 0.29) is 35.8 Å². The van der Waals surface area contributed by atoms with Crippen LogP contribution in [0.4, 0.5) is 0 Å². The molecule has 0 aromatic heterocycles. The molecule has 18 heavy (non-hydrogen) atoms. The van der Waals surface area contributed by atoms with E-state index in [9.17, 15) is 4.79 Å². The highest BCUT2D eigenvalue weighted by molar-refractivity contribution is 5.85. The molecule has 1 rings (SSSR count). The summed E-state index contributed by atoms with van der Waals surface area (Å²) in [6.07, 6.45) is 0. The standard InChI is InChI=1S/C14H22N2O.ClH/c1-10(13(17)16-14(2,3)4)12(15)11-8-6-5-7-9-11;/h5-10,12H,15H2,1-4H3,(H,16,17);1H. The third-order valence-corrected chi connectivity index (χ3v) is 2.63. The molecule has 1 amide bonds. The lowest BCUT2D eigenvalue weighted by atomic mass is 9.93. The number of carbonyl (C=O) groups excluding carboxylic acids is 1. The van der Waals surface area contributed by atoms with Crippen molar-refractivity contribution in [2.75, 3.05) is 0 Å². The summed E-state index contributed by atoms with van der Waals surface area (Å²) in [6.45, 7) is 7.75. The van der Waals surface area contributed by atoms with Gasteiger partial charge in [-0.2, -0.15) is 0 Å². The van der Waals surface area contributed by atoms with Crippen molar-refractivity contribution in [1.29, 1.82) is 0 Å². The maximum absolute atomic E-state index is 12.0. The Hall–Kier alpha value is -1.06. The van der Waals surface area contributed by atoms with Crippen molar-refractivity contribution in [3.63, 3.8) is 0 Å². The topological polar surface area (TPSA) is 55.1 Å². The molecule has 1 aromatic rings. The molecule has 0 spiro atoms. The summed E-state index contributed by atoms with van der Waals surface area (Å²) in [4.78, 5) is 12.0. The van der Waals surface area contributed by atoms with Gasteiger partial charge in [-0.15, -0.1) is 12.4 Å². The van der Waals surface area contributed by atoms with Crippen LogP contribution in [0.25, 0.3) is 0 Å². The van der Waals surface area contributed by atoms with Crippen molar-refractivity contribution in [2.24, 2.45) is 11.7 Å². The molecule has 0 aliphatic rings. The zero-order valence-corrected chi connectivity index (χ0v) is 12.3. The molecule has 0 aliphatic heterocycles. The highest BCUT2D eigenvalue weighted by Gasteiger charge is 2.24. The van der Waals surface area contributed by atoms with Gasteiger partial charge in [0.2, 0.25) is 5.91 Å². The largest absolute Gasteiger partial charge is 0.351 e. The lowest BCUT2D eigenvalue weighted by Crippen LogP contribution is -2.45. The fourth-order valence-electron chi connectivity index (χ4n) is 1.61. The molecule has 3 nitrogen and oxygen atoms in total. The second-order valence-electron chi connectivity index (χ2n) is 5.46. The van der Waals surface area contributed by atoms with Crippen molar-refractivity contribution in [1.82, 2.24) is 5.32 Å². The maximum Gasteiger partial charge on any atom is 0.225 e. The zero-order valence-electron chi connectivity index (χ0n) is 11.4. The van der Waals surface area contributed by atoms with Gasteiger partial charge in [-0.05, 0) is 26.3 Å². The number of carbonyl (C=O) groups is 1. The first-order valence-corrected chi connectivity index (χ1v) is 5.94. The Kier molecular flexibility index (Phi) is 6.36. The Morgan fingerprint density at radius 2 is 1.72 bits per heavy atom. The molecule has 0 saturated carbocycles. The average Bonchev–Trinajstić information content (AvgIpc) is 2.26. The number of rotatable bonds is 3. The Bertz CT molecular complexity index is 373. The normalized spacial score (nSPS) is 14.3. The van der Waals surface area contributed by atoms with Gasteiger partial charge in [0.15, 0.2) is 0 Å². The predicted octanol–water partition coefficient (Wildman–Crippen LogP) is 2.66. The molecule has 0 fully saturated rings. The van der Waals surface area contributed by atoms with Crippen LogP contribution in [0.3, 0.4) is 0 Å². The van der Waals surface area contributed by atoms with Crippen LogP contribution in [0.15, 0.2) is 30.3 Å². The van der Waals surface area contributed by atoms with Gasteiger partial charge in [0, 0.05) is 11.6 Å². The van der Waals surface area contributed by atoms with Crippen LogP contribution >= 0.6 is 12.4 Å². The van der Waals surface area contributed by atoms with Crippen molar-refractivity contribution >= 4 is 18.3 Å². The van der Waals surface area contributed by atoms with Crippen LogP contribution < -0.4 is 11.1 Å². The summed E-state index contributed by atoms with van der Waals surface area (Å²) in [5.41, 5.74) is 6.87. The Labute approximate surface area is 116 Å². The monoisotopic (exact) mass is 270 g/mol. The maximum atomic E-state index is 12.0. The lowest BCUT2D eigenvalue weighted by molar-refractivity contribution is -0.126. The summed E-state index contributed by atoms with van der Waals surface area (Å²) < 4.78 is 0. The summed E-state index contributed by atoms with van der Waals surface area (Å²) in [7, 11) is 0. The van der Waals surface area contributed by atoms with Gasteiger partial charge in [0.1, 0.15) is 0 Å². The number of amides is 1. The fourth-order valence-corrected chi connectivity index (χ4v) is 1.61. The Balaban J connectivity index is 0.00000289. The SMILES string of the molecule is CC(C(=O)NC(C)(C)C)C(N)c1ccccc1.Cl. The molecular formula is C14H23ClN2O. The molecule has 4 heteroatoms. The summed E-state index contributed by atoms with van der Waals surface area (Å²) >= 11 is 0. The third-order valence-electron chi connectivity index (χ3n) is 2.63. The van der Waals surface area contributed by atoms with E-state index in [1.807, 2.05) is 58.0 Å². The fraction of sp³-hybridized carbons (Fsp3) is 0.500. The number of halogens is 1. The minimum absolute atomic E-state index is 0. The van der Waals surface area contributed by atoms with E-state index in [4.69, 9.17) is 5.73 Å². The third kappa shape index (κ3) is 5.07. The van der Waals surface area contributed by atoms with Crippen LogP contribution in [0, 0.1) is 5.92 Å². The highest BCUT2D eigenvalue weighted by Crippen LogP contribution is 2.19. The van der Waals surface area contributed by atoms with Crippen LogP contribution in [0.1, 0.15) is 39.3 Å². The molecule has 0 heterocycles. The van der Waals surface area contributed by atoms with Crippen LogP contribution in [0.5, 0.6) is 0 Å². The second-order valence-corrected chi connectivity index (χ2v) is 5.46. The molecule has 0 aliphatic carbocycles. The van der Waals surface area contributed by atoms with Crippen LogP contribution in [-0.2, 0) is 4.79 Å². The first-order valence-electron chi connectivity index (χ1n) is 5.94. The smallest absolute Gasteiger partial charge is 0.225 e. The second kappa shape index (κ2) is 6.76. The van der Waals surface area contributed by atoms with E-state index < -0.39 is 0 Å². The minimum atomic E-state index is -0.265. The van der Waals surface area contributed by atoms with Crippen molar-refractivity contribution < 1.29 is 4.79 Å². The zero-order chi connectivity index (χ0) is 13.1. The average molecular weight is 271 g/mol. The number of nitrogens with two attached hydrogens (primary N) is 1. The van der Waals surface area contributed by atoms with Gasteiger partial charge in [-0.3, -0.25) is 4.79 Å². The molecule has 0 radical (unpaired) electrons. The summed E-state index contributed by atoms with van der Waals surface area (Å²) in [5, 5.41) is 2.95. The highest BCUT2D eigenvalue weighted by atomic mass is 35.5. The predicted molar refractivity (Wildman–Crippen MR) is 77.7 cm³/mol. The van der Waals surface area contributed by atoms with Crippen molar-refractivity contribution in [2.45, 2.75) is 39.3 Å². The number of hydrogen-bond donors (Lipinski definition) is 2.